The molecule has 0 amide bonds. The van der Waals surface area contributed by atoms with E-state index in [0.29, 0.717) is 30.9 Å². The highest BCUT2D eigenvalue weighted by Crippen LogP contribution is 2.22. The molecule has 0 saturated carbocycles. The van der Waals surface area contributed by atoms with Gasteiger partial charge in [-0.3, -0.25) is 9.36 Å². The number of rotatable bonds is 4. The van der Waals surface area contributed by atoms with Gasteiger partial charge in [0.25, 0.3) is 5.56 Å². The Balaban J connectivity index is 2.40. The second-order valence-corrected chi connectivity index (χ2v) is 4.08. The van der Waals surface area contributed by atoms with Crippen LogP contribution in [0.2, 0.25) is 0 Å². The third kappa shape index (κ3) is 2.02. The third-order valence-electron chi connectivity index (χ3n) is 2.87. The van der Waals surface area contributed by atoms with E-state index in [-0.39, 0.29) is 5.56 Å². The first-order valence-corrected chi connectivity index (χ1v) is 5.72. The van der Waals surface area contributed by atoms with Crippen LogP contribution in [-0.4, -0.2) is 27.2 Å². The monoisotopic (exact) mass is 237 g/mol. The Morgan fingerprint density at radius 1 is 1.71 bits per heavy atom. The summed E-state index contributed by atoms with van der Waals surface area (Å²) in [6, 6.07) is -0.770. The van der Waals surface area contributed by atoms with Crippen molar-refractivity contribution in [2.45, 2.75) is 32.2 Å². The number of carbonyl (C=O) groups is 1. The lowest BCUT2D eigenvalue weighted by molar-refractivity contribution is -0.140. The number of hydrogen-bond donors (Lipinski definition) is 2. The zero-order chi connectivity index (χ0) is 12.4. The topological polar surface area (TPSA) is 84.2 Å². The van der Waals surface area contributed by atoms with Gasteiger partial charge in [-0.05, 0) is 12.8 Å². The van der Waals surface area contributed by atoms with Gasteiger partial charge in [-0.2, -0.15) is 0 Å². The van der Waals surface area contributed by atoms with Crippen molar-refractivity contribution < 1.29 is 9.90 Å². The van der Waals surface area contributed by atoms with E-state index in [0.717, 1.165) is 6.42 Å². The normalized spacial score (nSPS) is 17.8. The fourth-order valence-corrected chi connectivity index (χ4v) is 2.02. The predicted molar refractivity (Wildman–Crippen MR) is 62.3 cm³/mol. The molecule has 1 aromatic rings. The molecule has 0 bridgehead atoms. The SMILES string of the molecule is CCCNc1cnc2n(c1=O)C(C(=O)O)CC2. The highest BCUT2D eigenvalue weighted by Gasteiger charge is 2.30. The molecule has 2 heterocycles. The number of hydrogen-bond acceptors (Lipinski definition) is 4. The summed E-state index contributed by atoms with van der Waals surface area (Å²) >= 11 is 0. The molecule has 0 spiro atoms. The average molecular weight is 237 g/mol. The Labute approximate surface area is 98.3 Å². The van der Waals surface area contributed by atoms with Crippen LogP contribution >= 0.6 is 0 Å². The quantitative estimate of drug-likeness (QED) is 0.802. The molecule has 0 aromatic carbocycles. The van der Waals surface area contributed by atoms with Crippen LogP contribution in [0.25, 0.3) is 0 Å². The summed E-state index contributed by atoms with van der Waals surface area (Å²) in [4.78, 5) is 27.3. The summed E-state index contributed by atoms with van der Waals surface area (Å²) < 4.78 is 1.29. The lowest BCUT2D eigenvalue weighted by Crippen LogP contribution is -2.30. The highest BCUT2D eigenvalue weighted by molar-refractivity contribution is 5.72. The van der Waals surface area contributed by atoms with Crippen LogP contribution < -0.4 is 10.9 Å². The summed E-state index contributed by atoms with van der Waals surface area (Å²) in [6.07, 6.45) is 3.37. The summed E-state index contributed by atoms with van der Waals surface area (Å²) in [6.45, 7) is 2.67. The maximum absolute atomic E-state index is 12.1. The molecule has 1 aliphatic heterocycles. The van der Waals surface area contributed by atoms with Gasteiger partial charge in [0, 0.05) is 13.0 Å². The minimum Gasteiger partial charge on any atom is -0.480 e. The molecule has 1 aliphatic rings. The Bertz CT molecular complexity index is 495. The standard InChI is InChI=1S/C11H15N3O3/c1-2-5-12-7-6-13-9-4-3-8(11(16)17)14(9)10(7)15/h6,8,12H,2-5H2,1H3,(H,16,17). The smallest absolute Gasteiger partial charge is 0.326 e. The predicted octanol–water partition coefficient (Wildman–Crippen LogP) is 0.637. The number of nitrogens with one attached hydrogen (secondary N) is 1. The Kier molecular flexibility index (Phi) is 3.12. The van der Waals surface area contributed by atoms with Crippen LogP contribution in [0.5, 0.6) is 0 Å². The van der Waals surface area contributed by atoms with Gasteiger partial charge in [0.05, 0.1) is 6.20 Å². The molecule has 17 heavy (non-hydrogen) atoms. The molecule has 0 saturated heterocycles. The maximum atomic E-state index is 12.1. The minimum absolute atomic E-state index is 0.284. The van der Waals surface area contributed by atoms with Gasteiger partial charge < -0.3 is 10.4 Å². The van der Waals surface area contributed by atoms with E-state index < -0.39 is 12.0 Å². The second kappa shape index (κ2) is 4.57. The van der Waals surface area contributed by atoms with Crippen molar-refractivity contribution in [3.05, 3.63) is 22.4 Å². The number of nitrogens with zero attached hydrogens (tertiary/aromatic N) is 2. The van der Waals surface area contributed by atoms with Crippen LogP contribution in [0.3, 0.4) is 0 Å². The fraction of sp³-hybridized carbons (Fsp3) is 0.545. The molecule has 2 N–H and O–H groups in total. The Hall–Kier alpha value is -1.85. The van der Waals surface area contributed by atoms with Crippen LogP contribution in [0, 0.1) is 0 Å². The van der Waals surface area contributed by atoms with E-state index in [9.17, 15) is 9.59 Å². The van der Waals surface area contributed by atoms with Gasteiger partial charge in [0.2, 0.25) is 0 Å². The van der Waals surface area contributed by atoms with Gasteiger partial charge in [-0.15, -0.1) is 0 Å². The van der Waals surface area contributed by atoms with E-state index in [1.807, 2.05) is 6.92 Å². The first kappa shape index (κ1) is 11.6. The molecule has 0 aliphatic carbocycles. The minimum atomic E-state index is -0.972. The lowest BCUT2D eigenvalue weighted by atomic mass is 10.2. The van der Waals surface area contributed by atoms with Gasteiger partial charge in [-0.25, -0.2) is 9.78 Å². The molecular formula is C11H15N3O3. The maximum Gasteiger partial charge on any atom is 0.326 e. The molecule has 0 radical (unpaired) electrons. The number of aryl methyl sites for hydroxylation is 1. The largest absolute Gasteiger partial charge is 0.480 e. The molecule has 6 nitrogen and oxygen atoms in total. The number of carboxylic acids is 1. The van der Waals surface area contributed by atoms with Crippen molar-refractivity contribution in [2.75, 3.05) is 11.9 Å². The van der Waals surface area contributed by atoms with E-state index in [4.69, 9.17) is 5.11 Å². The fourth-order valence-electron chi connectivity index (χ4n) is 2.02. The van der Waals surface area contributed by atoms with E-state index in [2.05, 4.69) is 10.3 Å². The van der Waals surface area contributed by atoms with Crippen LogP contribution in [0.1, 0.15) is 31.6 Å². The summed E-state index contributed by atoms with van der Waals surface area (Å²) in [5, 5.41) is 12.0. The number of carboxylic acid groups (broad SMARTS) is 1. The van der Waals surface area contributed by atoms with Crippen molar-refractivity contribution in [2.24, 2.45) is 0 Å². The summed E-state index contributed by atoms with van der Waals surface area (Å²) in [7, 11) is 0. The van der Waals surface area contributed by atoms with Crippen molar-refractivity contribution in [3.8, 4) is 0 Å². The average Bonchev–Trinajstić information content (AvgIpc) is 2.73. The second-order valence-electron chi connectivity index (χ2n) is 4.08. The van der Waals surface area contributed by atoms with Crippen molar-refractivity contribution >= 4 is 11.7 Å². The molecule has 2 rings (SSSR count). The molecule has 0 fully saturated rings. The summed E-state index contributed by atoms with van der Waals surface area (Å²) in [5.74, 6) is -0.412. The van der Waals surface area contributed by atoms with Crippen molar-refractivity contribution in [1.29, 1.82) is 0 Å². The van der Waals surface area contributed by atoms with E-state index >= 15 is 0 Å². The van der Waals surface area contributed by atoms with Crippen LogP contribution in [-0.2, 0) is 11.2 Å². The van der Waals surface area contributed by atoms with E-state index in [1.54, 1.807) is 0 Å². The van der Waals surface area contributed by atoms with Gasteiger partial charge >= 0.3 is 5.97 Å². The summed E-state index contributed by atoms with van der Waals surface area (Å²) in [5.41, 5.74) is 0.0945. The molecule has 6 heteroatoms. The first-order valence-electron chi connectivity index (χ1n) is 5.72. The number of fused-ring (bicyclic) bond motifs is 1. The molecule has 1 atom stereocenters. The first-order chi connectivity index (χ1) is 8.15. The van der Waals surface area contributed by atoms with E-state index in [1.165, 1.54) is 10.8 Å². The van der Waals surface area contributed by atoms with Crippen molar-refractivity contribution in [1.82, 2.24) is 9.55 Å². The number of anilines is 1. The highest BCUT2D eigenvalue weighted by atomic mass is 16.4. The molecular weight excluding hydrogens is 222 g/mol. The molecule has 1 unspecified atom stereocenters. The number of aromatic nitrogens is 2. The zero-order valence-corrected chi connectivity index (χ0v) is 9.64. The lowest BCUT2D eigenvalue weighted by Gasteiger charge is -2.11. The van der Waals surface area contributed by atoms with Gasteiger partial charge in [0.15, 0.2) is 0 Å². The molecule has 1 aromatic heterocycles. The van der Waals surface area contributed by atoms with Crippen LogP contribution in [0.15, 0.2) is 11.0 Å². The van der Waals surface area contributed by atoms with Gasteiger partial charge in [-0.1, -0.05) is 6.92 Å². The number of aliphatic carboxylic acids is 1. The van der Waals surface area contributed by atoms with Crippen LogP contribution in [0.4, 0.5) is 5.69 Å². The Morgan fingerprint density at radius 3 is 3.12 bits per heavy atom. The van der Waals surface area contributed by atoms with Crippen molar-refractivity contribution in [3.63, 3.8) is 0 Å². The molecule has 92 valence electrons. The third-order valence-corrected chi connectivity index (χ3v) is 2.87. The van der Waals surface area contributed by atoms with Gasteiger partial charge in [0.1, 0.15) is 17.6 Å². The zero-order valence-electron chi connectivity index (χ0n) is 9.64. The Morgan fingerprint density at radius 2 is 2.47 bits per heavy atom.